The van der Waals surface area contributed by atoms with Crippen LogP contribution in [-0.2, 0) is 4.79 Å². The molecule has 4 rings (SSSR count). The lowest BCUT2D eigenvalue weighted by Gasteiger charge is -2.01. The van der Waals surface area contributed by atoms with Gasteiger partial charge in [0, 0.05) is 29.3 Å². The van der Waals surface area contributed by atoms with E-state index in [9.17, 15) is 4.79 Å². The van der Waals surface area contributed by atoms with Crippen LogP contribution in [0.1, 0.15) is 44.5 Å². The SMILES string of the molecule is CCCC(=O)C1=NC(c2ccc3[nH]c(-c4nc(C)no4)cc3c2)=C(C)C1. The number of aromatic nitrogens is 3. The molecule has 1 aliphatic rings. The molecule has 0 fully saturated rings. The van der Waals surface area contributed by atoms with Gasteiger partial charge in [0.1, 0.15) is 5.69 Å². The fourth-order valence-corrected chi connectivity index (χ4v) is 3.25. The first-order valence-electron chi connectivity index (χ1n) is 8.79. The van der Waals surface area contributed by atoms with Crippen LogP contribution in [0, 0.1) is 6.92 Å². The molecule has 3 heterocycles. The summed E-state index contributed by atoms with van der Waals surface area (Å²) in [6.45, 7) is 5.84. The monoisotopic (exact) mass is 348 g/mol. The van der Waals surface area contributed by atoms with Gasteiger partial charge in [0.15, 0.2) is 11.6 Å². The van der Waals surface area contributed by atoms with Gasteiger partial charge in [-0.25, -0.2) is 4.99 Å². The summed E-state index contributed by atoms with van der Waals surface area (Å²) in [7, 11) is 0. The number of nitrogens with zero attached hydrogens (tertiary/aromatic N) is 3. The zero-order chi connectivity index (χ0) is 18.3. The van der Waals surface area contributed by atoms with E-state index >= 15 is 0 Å². The Morgan fingerprint density at radius 2 is 2.12 bits per heavy atom. The Labute approximate surface area is 151 Å². The lowest BCUT2D eigenvalue weighted by atomic mass is 10.0. The molecular weight excluding hydrogens is 328 g/mol. The first-order chi connectivity index (χ1) is 12.5. The molecule has 0 aliphatic carbocycles. The molecule has 132 valence electrons. The number of rotatable bonds is 5. The van der Waals surface area contributed by atoms with E-state index in [0.717, 1.165) is 39.9 Å². The third kappa shape index (κ3) is 2.87. The van der Waals surface area contributed by atoms with Crippen LogP contribution >= 0.6 is 0 Å². The maximum Gasteiger partial charge on any atom is 0.274 e. The highest BCUT2D eigenvalue weighted by molar-refractivity contribution is 6.42. The van der Waals surface area contributed by atoms with Gasteiger partial charge in [-0.2, -0.15) is 4.98 Å². The average molecular weight is 348 g/mol. The van der Waals surface area contributed by atoms with Crippen molar-refractivity contribution in [2.45, 2.75) is 40.0 Å². The van der Waals surface area contributed by atoms with Gasteiger partial charge in [-0.1, -0.05) is 18.1 Å². The van der Waals surface area contributed by atoms with Gasteiger partial charge in [0.2, 0.25) is 0 Å². The fourth-order valence-electron chi connectivity index (χ4n) is 3.25. The van der Waals surface area contributed by atoms with Gasteiger partial charge < -0.3 is 9.51 Å². The number of allylic oxidation sites excluding steroid dienone is 1. The quantitative estimate of drug-likeness (QED) is 0.737. The van der Waals surface area contributed by atoms with E-state index in [1.54, 1.807) is 6.92 Å². The molecule has 0 unspecified atom stereocenters. The predicted octanol–water partition coefficient (Wildman–Crippen LogP) is 4.47. The number of H-pyrrole nitrogens is 1. The van der Waals surface area contributed by atoms with Crippen molar-refractivity contribution in [2.24, 2.45) is 4.99 Å². The van der Waals surface area contributed by atoms with Crippen molar-refractivity contribution in [2.75, 3.05) is 0 Å². The van der Waals surface area contributed by atoms with E-state index in [-0.39, 0.29) is 5.78 Å². The average Bonchev–Trinajstić information content (AvgIpc) is 3.32. The Morgan fingerprint density at radius 3 is 2.85 bits per heavy atom. The smallest absolute Gasteiger partial charge is 0.274 e. The van der Waals surface area contributed by atoms with Crippen molar-refractivity contribution in [1.82, 2.24) is 15.1 Å². The summed E-state index contributed by atoms with van der Waals surface area (Å²) in [6, 6.07) is 8.11. The van der Waals surface area contributed by atoms with E-state index in [2.05, 4.69) is 26.2 Å². The lowest BCUT2D eigenvalue weighted by Crippen LogP contribution is -2.11. The fraction of sp³-hybridized carbons (Fsp3) is 0.300. The summed E-state index contributed by atoms with van der Waals surface area (Å²) in [6.07, 6.45) is 2.05. The number of hydrogen-bond donors (Lipinski definition) is 1. The third-order valence-corrected chi connectivity index (χ3v) is 4.53. The number of benzene rings is 1. The Hall–Kier alpha value is -3.02. The Kier molecular flexibility index (Phi) is 4.03. The van der Waals surface area contributed by atoms with Crippen molar-refractivity contribution in [1.29, 1.82) is 0 Å². The molecule has 0 saturated carbocycles. The predicted molar refractivity (Wildman–Crippen MR) is 101 cm³/mol. The van der Waals surface area contributed by atoms with Crippen LogP contribution in [0.15, 0.2) is 39.4 Å². The summed E-state index contributed by atoms with van der Waals surface area (Å²) >= 11 is 0. The van der Waals surface area contributed by atoms with Crippen LogP contribution in [0.3, 0.4) is 0 Å². The van der Waals surface area contributed by atoms with Crippen molar-refractivity contribution in [3.05, 3.63) is 41.2 Å². The van der Waals surface area contributed by atoms with Crippen molar-refractivity contribution >= 4 is 28.1 Å². The number of Topliss-reactive ketones (excluding diaryl/α,β-unsaturated/α-hetero) is 1. The lowest BCUT2D eigenvalue weighted by molar-refractivity contribution is -0.113. The maximum absolute atomic E-state index is 12.2. The minimum atomic E-state index is 0.152. The molecule has 1 aliphatic heterocycles. The number of aromatic amines is 1. The molecule has 2 aromatic heterocycles. The molecule has 6 nitrogen and oxygen atoms in total. The van der Waals surface area contributed by atoms with Crippen molar-refractivity contribution in [3.63, 3.8) is 0 Å². The molecular formula is C20H20N4O2. The first kappa shape index (κ1) is 16.4. The third-order valence-electron chi connectivity index (χ3n) is 4.53. The molecule has 0 radical (unpaired) electrons. The van der Waals surface area contributed by atoms with Gasteiger partial charge in [0.05, 0.1) is 11.4 Å². The molecule has 26 heavy (non-hydrogen) atoms. The van der Waals surface area contributed by atoms with Crippen LogP contribution in [-0.4, -0.2) is 26.6 Å². The van der Waals surface area contributed by atoms with Gasteiger partial charge >= 0.3 is 0 Å². The number of hydrogen-bond acceptors (Lipinski definition) is 5. The molecule has 0 bridgehead atoms. The summed E-state index contributed by atoms with van der Waals surface area (Å²) < 4.78 is 5.23. The summed E-state index contributed by atoms with van der Waals surface area (Å²) in [5.41, 5.74) is 5.51. The number of nitrogens with one attached hydrogen (secondary N) is 1. The molecule has 1 N–H and O–H groups in total. The molecule has 3 aromatic rings. The number of aryl methyl sites for hydroxylation is 1. The second-order valence-electron chi connectivity index (χ2n) is 6.67. The molecule has 1 aromatic carbocycles. The first-order valence-corrected chi connectivity index (χ1v) is 8.79. The van der Waals surface area contributed by atoms with E-state index in [0.29, 0.717) is 30.3 Å². The van der Waals surface area contributed by atoms with Crippen LogP contribution in [0.4, 0.5) is 0 Å². The highest BCUT2D eigenvalue weighted by Gasteiger charge is 2.21. The topological polar surface area (TPSA) is 84.1 Å². The minimum Gasteiger partial charge on any atom is -0.351 e. The number of ketones is 1. The van der Waals surface area contributed by atoms with Crippen molar-refractivity contribution in [3.8, 4) is 11.6 Å². The standard InChI is InChI=1S/C20H20N4O2/c1-4-5-18(25)16-8-11(2)19(23-16)13-6-7-15-14(9-13)10-17(22-15)20-21-12(3)24-26-20/h6-7,9-10,22H,4-5,8H2,1-3H3. The summed E-state index contributed by atoms with van der Waals surface area (Å²) in [4.78, 5) is 24.3. The van der Waals surface area contributed by atoms with Gasteiger partial charge in [-0.15, -0.1) is 0 Å². The van der Waals surface area contributed by atoms with E-state index in [4.69, 9.17) is 4.52 Å². The van der Waals surface area contributed by atoms with E-state index in [1.165, 1.54) is 0 Å². The van der Waals surface area contributed by atoms with Gasteiger partial charge in [-0.05, 0) is 44.0 Å². The Morgan fingerprint density at radius 1 is 1.27 bits per heavy atom. The Bertz CT molecular complexity index is 1070. The largest absolute Gasteiger partial charge is 0.351 e. The summed E-state index contributed by atoms with van der Waals surface area (Å²) in [5.74, 6) is 1.23. The van der Waals surface area contributed by atoms with Gasteiger partial charge in [-0.3, -0.25) is 4.79 Å². The molecule has 0 amide bonds. The normalized spacial score (nSPS) is 14.3. The molecule has 0 saturated heterocycles. The van der Waals surface area contributed by atoms with Crippen LogP contribution < -0.4 is 0 Å². The van der Waals surface area contributed by atoms with Gasteiger partial charge in [0.25, 0.3) is 5.89 Å². The van der Waals surface area contributed by atoms with Crippen LogP contribution in [0.5, 0.6) is 0 Å². The number of carbonyl (C=O) groups is 1. The highest BCUT2D eigenvalue weighted by Crippen LogP contribution is 2.32. The molecule has 0 spiro atoms. The second kappa shape index (κ2) is 6.37. The number of carbonyl (C=O) groups excluding carboxylic acids is 1. The zero-order valence-electron chi connectivity index (χ0n) is 15.1. The minimum absolute atomic E-state index is 0.152. The van der Waals surface area contributed by atoms with Crippen molar-refractivity contribution < 1.29 is 9.32 Å². The molecule has 0 atom stereocenters. The molecule has 6 heteroatoms. The maximum atomic E-state index is 12.2. The Balaban J connectivity index is 1.69. The van der Waals surface area contributed by atoms with Crippen LogP contribution in [0.2, 0.25) is 0 Å². The number of aliphatic imine (C=N–C) groups is 1. The second-order valence-corrected chi connectivity index (χ2v) is 6.67. The highest BCUT2D eigenvalue weighted by atomic mass is 16.5. The summed E-state index contributed by atoms with van der Waals surface area (Å²) in [5, 5.41) is 4.87. The number of fused-ring (bicyclic) bond motifs is 1. The zero-order valence-corrected chi connectivity index (χ0v) is 15.1. The van der Waals surface area contributed by atoms with E-state index in [1.807, 2.05) is 32.0 Å². The van der Waals surface area contributed by atoms with Crippen LogP contribution in [0.25, 0.3) is 28.2 Å². The van der Waals surface area contributed by atoms with E-state index < -0.39 is 0 Å².